The molecule has 1 saturated carbocycles. The van der Waals surface area contributed by atoms with Gasteiger partial charge in [0.05, 0.1) is 0 Å². The number of hydrogen-bond acceptors (Lipinski definition) is 0. The van der Waals surface area contributed by atoms with Gasteiger partial charge in [-0.05, 0) is 59.3 Å². The van der Waals surface area contributed by atoms with Crippen LogP contribution in [0.5, 0.6) is 0 Å². The first-order valence-electron chi connectivity index (χ1n) is 9.68. The van der Waals surface area contributed by atoms with E-state index in [1.807, 2.05) is 0 Å². The molecule has 0 N–H and O–H groups in total. The average Bonchev–Trinajstić information content (AvgIpc) is 2.95. The smallest absolute Gasteiger partial charge is 0.0240 e. The highest BCUT2D eigenvalue weighted by Gasteiger charge is 2.47. The molecule has 1 aromatic carbocycles. The number of aryl methyl sites for hydroxylation is 1. The minimum atomic E-state index is 0.293. The maximum Gasteiger partial charge on any atom is 0.0240 e. The van der Waals surface area contributed by atoms with Gasteiger partial charge in [-0.1, -0.05) is 87.4 Å². The Morgan fingerprint density at radius 2 is 1.56 bits per heavy atom. The lowest BCUT2D eigenvalue weighted by molar-refractivity contribution is 0.338. The van der Waals surface area contributed by atoms with E-state index in [4.69, 9.17) is 0 Å². The maximum atomic E-state index is 2.60. The van der Waals surface area contributed by atoms with Gasteiger partial charge >= 0.3 is 0 Å². The Morgan fingerprint density at radius 3 is 2.28 bits per heavy atom. The second-order valence-electron chi connectivity index (χ2n) is 9.40. The molecule has 1 unspecified atom stereocenters. The fourth-order valence-corrected chi connectivity index (χ4v) is 5.43. The van der Waals surface area contributed by atoms with Crippen molar-refractivity contribution in [3.63, 3.8) is 0 Å². The van der Waals surface area contributed by atoms with Gasteiger partial charge in [0.1, 0.15) is 0 Å². The molecule has 0 saturated heterocycles. The standard InChI is InChI=1S/C25H30/c1-17-13-19-14-22-23(25(4,5)16-24(22,2)3)15-21(19)20(17)12-11-18-9-7-6-8-10-18/h6-10,13-15,21H,11-12,16H2,1-5H3. The minimum Gasteiger partial charge on any atom is -0.0689 e. The highest BCUT2D eigenvalue weighted by Crippen LogP contribution is 2.59. The first kappa shape index (κ1) is 16.6. The van der Waals surface area contributed by atoms with Gasteiger partial charge in [-0.25, -0.2) is 0 Å². The van der Waals surface area contributed by atoms with Crippen molar-refractivity contribution < 1.29 is 0 Å². The van der Waals surface area contributed by atoms with E-state index in [-0.39, 0.29) is 0 Å². The van der Waals surface area contributed by atoms with Crippen molar-refractivity contribution in [3.8, 4) is 0 Å². The molecule has 130 valence electrons. The summed E-state index contributed by atoms with van der Waals surface area (Å²) in [5, 5.41) is 0. The van der Waals surface area contributed by atoms with Gasteiger partial charge in [0, 0.05) is 5.92 Å². The van der Waals surface area contributed by atoms with E-state index in [0.717, 1.165) is 12.8 Å². The third-order valence-corrected chi connectivity index (χ3v) is 6.43. The molecule has 3 aliphatic carbocycles. The Morgan fingerprint density at radius 1 is 0.880 bits per heavy atom. The average molecular weight is 331 g/mol. The molecule has 0 heteroatoms. The van der Waals surface area contributed by atoms with Gasteiger partial charge in [0.25, 0.3) is 0 Å². The van der Waals surface area contributed by atoms with Crippen molar-refractivity contribution in [3.05, 3.63) is 82.0 Å². The van der Waals surface area contributed by atoms with E-state index in [1.54, 1.807) is 16.7 Å². The van der Waals surface area contributed by atoms with Crippen LogP contribution in [0.2, 0.25) is 0 Å². The van der Waals surface area contributed by atoms with Crippen LogP contribution in [-0.4, -0.2) is 0 Å². The molecule has 0 nitrogen and oxygen atoms in total. The molecular formula is C25H30. The zero-order valence-electron chi connectivity index (χ0n) is 16.3. The molecule has 25 heavy (non-hydrogen) atoms. The lowest BCUT2D eigenvalue weighted by Crippen LogP contribution is -2.14. The van der Waals surface area contributed by atoms with E-state index in [1.165, 1.54) is 23.1 Å². The van der Waals surface area contributed by atoms with E-state index >= 15 is 0 Å². The van der Waals surface area contributed by atoms with Crippen LogP contribution in [0.15, 0.2) is 76.4 Å². The molecule has 0 aromatic heterocycles. The van der Waals surface area contributed by atoms with E-state index in [0.29, 0.717) is 16.7 Å². The van der Waals surface area contributed by atoms with Gasteiger partial charge < -0.3 is 0 Å². The lowest BCUT2D eigenvalue weighted by Gasteiger charge is -2.28. The van der Waals surface area contributed by atoms with Crippen LogP contribution < -0.4 is 0 Å². The Hall–Kier alpha value is -1.82. The normalized spacial score (nSPS) is 26.0. The van der Waals surface area contributed by atoms with Crippen LogP contribution in [0.3, 0.4) is 0 Å². The molecule has 0 heterocycles. The predicted octanol–water partition coefficient (Wildman–Crippen LogP) is 6.81. The molecule has 4 rings (SSSR count). The summed E-state index contributed by atoms with van der Waals surface area (Å²) in [7, 11) is 0. The topological polar surface area (TPSA) is 0 Å². The number of fused-ring (bicyclic) bond motifs is 2. The van der Waals surface area contributed by atoms with E-state index < -0.39 is 0 Å². The summed E-state index contributed by atoms with van der Waals surface area (Å²) in [5.74, 6) is 0.510. The van der Waals surface area contributed by atoms with Crippen molar-refractivity contribution in [2.45, 2.75) is 53.9 Å². The zero-order valence-corrected chi connectivity index (χ0v) is 16.3. The summed E-state index contributed by atoms with van der Waals surface area (Å²) in [4.78, 5) is 0. The minimum absolute atomic E-state index is 0.293. The summed E-state index contributed by atoms with van der Waals surface area (Å²) in [6.45, 7) is 12.0. The fraction of sp³-hybridized carbons (Fsp3) is 0.440. The number of rotatable bonds is 3. The third kappa shape index (κ3) is 2.76. The molecule has 3 aliphatic rings. The molecule has 0 radical (unpaired) electrons. The number of benzene rings is 1. The molecule has 1 atom stereocenters. The fourth-order valence-electron chi connectivity index (χ4n) is 5.43. The first-order chi connectivity index (χ1) is 11.8. The van der Waals surface area contributed by atoms with Crippen molar-refractivity contribution >= 4 is 0 Å². The van der Waals surface area contributed by atoms with Crippen LogP contribution >= 0.6 is 0 Å². The highest BCUT2D eigenvalue weighted by atomic mass is 14.5. The summed E-state index contributed by atoms with van der Waals surface area (Å²) in [6, 6.07) is 10.9. The van der Waals surface area contributed by atoms with Crippen molar-refractivity contribution in [1.29, 1.82) is 0 Å². The van der Waals surface area contributed by atoms with Crippen LogP contribution in [0, 0.1) is 16.7 Å². The van der Waals surface area contributed by atoms with Crippen LogP contribution in [0.25, 0.3) is 0 Å². The van der Waals surface area contributed by atoms with Gasteiger partial charge in [0.15, 0.2) is 0 Å². The summed E-state index contributed by atoms with van der Waals surface area (Å²) in [5.41, 5.74) is 9.85. The Bertz CT molecular complexity index is 822. The van der Waals surface area contributed by atoms with Crippen molar-refractivity contribution in [2.24, 2.45) is 16.7 Å². The van der Waals surface area contributed by atoms with Crippen molar-refractivity contribution in [1.82, 2.24) is 0 Å². The van der Waals surface area contributed by atoms with Crippen LogP contribution in [-0.2, 0) is 6.42 Å². The summed E-state index contributed by atoms with van der Waals surface area (Å²) < 4.78 is 0. The lowest BCUT2D eigenvalue weighted by atomic mass is 9.77. The van der Waals surface area contributed by atoms with Crippen molar-refractivity contribution in [2.75, 3.05) is 0 Å². The maximum absolute atomic E-state index is 2.60. The van der Waals surface area contributed by atoms with Crippen LogP contribution in [0.1, 0.15) is 53.0 Å². The van der Waals surface area contributed by atoms with Gasteiger partial charge in [-0.15, -0.1) is 0 Å². The number of hydrogen-bond donors (Lipinski definition) is 0. The summed E-state index contributed by atoms with van der Waals surface area (Å²) in [6.07, 6.45) is 11.1. The molecule has 0 amide bonds. The Labute approximate surface area is 153 Å². The molecule has 0 aliphatic heterocycles. The second kappa shape index (κ2) is 5.59. The van der Waals surface area contributed by atoms with Gasteiger partial charge in [0.2, 0.25) is 0 Å². The molecular weight excluding hydrogens is 300 g/mol. The predicted molar refractivity (Wildman–Crippen MR) is 107 cm³/mol. The van der Waals surface area contributed by atoms with Gasteiger partial charge in [-0.2, -0.15) is 0 Å². The monoisotopic (exact) mass is 330 g/mol. The Kier molecular flexibility index (Phi) is 3.72. The molecule has 1 aromatic rings. The summed E-state index contributed by atoms with van der Waals surface area (Å²) >= 11 is 0. The quantitative estimate of drug-likeness (QED) is 0.571. The molecule has 1 fully saturated rings. The SMILES string of the molecule is CC1=C(CCc2ccccc2)C2C=C3C(=CC2=C1)C(C)(C)CC3(C)C. The highest BCUT2D eigenvalue weighted by molar-refractivity contribution is 5.60. The van der Waals surface area contributed by atoms with Crippen LogP contribution in [0.4, 0.5) is 0 Å². The van der Waals surface area contributed by atoms with Gasteiger partial charge in [-0.3, -0.25) is 0 Å². The van der Waals surface area contributed by atoms with E-state index in [9.17, 15) is 0 Å². The van der Waals surface area contributed by atoms with E-state index in [2.05, 4.69) is 83.2 Å². The zero-order chi connectivity index (χ0) is 17.8. The third-order valence-electron chi connectivity index (χ3n) is 6.43. The largest absolute Gasteiger partial charge is 0.0689 e. The Balaban J connectivity index is 1.63. The second-order valence-corrected chi connectivity index (χ2v) is 9.40. The molecule has 0 spiro atoms. The first-order valence-corrected chi connectivity index (χ1v) is 9.68. The molecule has 0 bridgehead atoms. The number of allylic oxidation sites excluding steroid dienone is 8.